The number of ether oxygens (including phenoxy) is 3. The summed E-state index contributed by atoms with van der Waals surface area (Å²) in [5.74, 6) is 0.0180. The molecule has 0 atom stereocenters. The Hall–Kier alpha value is -3.03. The van der Waals surface area contributed by atoms with E-state index in [0.29, 0.717) is 23.0 Å². The Labute approximate surface area is 194 Å². The molecule has 33 heavy (non-hydrogen) atoms. The summed E-state index contributed by atoms with van der Waals surface area (Å²) >= 11 is 0. The average Bonchev–Trinajstić information content (AvgIpc) is 3.62. The first-order valence-corrected chi connectivity index (χ1v) is 11.5. The summed E-state index contributed by atoms with van der Waals surface area (Å²) < 4.78 is 15.9. The number of methoxy groups -OCH3 is 2. The maximum atomic E-state index is 12.9. The van der Waals surface area contributed by atoms with E-state index in [9.17, 15) is 9.59 Å². The van der Waals surface area contributed by atoms with Crippen LogP contribution in [0.25, 0.3) is 10.9 Å². The molecule has 0 N–H and O–H groups in total. The lowest BCUT2D eigenvalue weighted by molar-refractivity contribution is 0.0113. The molecule has 0 spiro atoms. The molecule has 1 aromatic heterocycles. The van der Waals surface area contributed by atoms with Crippen molar-refractivity contribution in [2.24, 2.45) is 0 Å². The van der Waals surface area contributed by atoms with Crippen LogP contribution in [0.5, 0.6) is 5.88 Å². The first-order chi connectivity index (χ1) is 15.7. The van der Waals surface area contributed by atoms with Gasteiger partial charge in [-0.25, -0.2) is 14.6 Å². The van der Waals surface area contributed by atoms with Gasteiger partial charge in [0.25, 0.3) is 0 Å². The zero-order chi connectivity index (χ0) is 23.8. The molecule has 1 aliphatic carbocycles. The Balaban J connectivity index is 1.55. The SMILES string of the molecule is COC(=O)c1ccc(N2CCC(N(C(=O)OC(C)(C)C)C3CC3)CC2)c2ccc(OC)nc12. The van der Waals surface area contributed by atoms with Crippen molar-refractivity contribution in [1.29, 1.82) is 0 Å². The number of piperidine rings is 1. The molecule has 1 saturated carbocycles. The first-order valence-electron chi connectivity index (χ1n) is 11.5. The number of aromatic nitrogens is 1. The molecule has 8 nitrogen and oxygen atoms in total. The zero-order valence-electron chi connectivity index (χ0n) is 20.1. The highest BCUT2D eigenvalue weighted by atomic mass is 16.6. The second-order valence-electron chi connectivity index (χ2n) is 9.71. The molecule has 2 heterocycles. The number of amides is 1. The van der Waals surface area contributed by atoms with Crippen molar-refractivity contribution in [2.45, 2.75) is 64.1 Å². The number of rotatable bonds is 5. The van der Waals surface area contributed by atoms with Gasteiger partial charge in [0.1, 0.15) is 5.60 Å². The smallest absolute Gasteiger partial charge is 0.410 e. The van der Waals surface area contributed by atoms with E-state index >= 15 is 0 Å². The Kier molecular flexibility index (Phi) is 6.36. The van der Waals surface area contributed by atoms with Crippen LogP contribution in [-0.4, -0.2) is 66.9 Å². The zero-order valence-corrected chi connectivity index (χ0v) is 20.1. The lowest BCUT2D eigenvalue weighted by atomic mass is 10.0. The average molecular weight is 456 g/mol. The topological polar surface area (TPSA) is 81.2 Å². The molecule has 2 aromatic rings. The van der Waals surface area contributed by atoms with E-state index in [4.69, 9.17) is 14.2 Å². The lowest BCUT2D eigenvalue weighted by Gasteiger charge is -2.40. The van der Waals surface area contributed by atoms with Crippen molar-refractivity contribution >= 4 is 28.7 Å². The van der Waals surface area contributed by atoms with E-state index in [-0.39, 0.29) is 12.1 Å². The van der Waals surface area contributed by atoms with Gasteiger partial charge in [-0.2, -0.15) is 0 Å². The van der Waals surface area contributed by atoms with E-state index < -0.39 is 11.6 Å². The number of hydrogen-bond donors (Lipinski definition) is 0. The van der Waals surface area contributed by atoms with Crippen LogP contribution in [0.2, 0.25) is 0 Å². The van der Waals surface area contributed by atoms with E-state index in [1.807, 2.05) is 37.8 Å². The number of fused-ring (bicyclic) bond motifs is 1. The van der Waals surface area contributed by atoms with Gasteiger partial charge in [-0.3, -0.25) is 0 Å². The van der Waals surface area contributed by atoms with Crippen molar-refractivity contribution < 1.29 is 23.8 Å². The Morgan fingerprint density at radius 2 is 1.67 bits per heavy atom. The minimum atomic E-state index is -0.501. The molecule has 1 saturated heterocycles. The second-order valence-corrected chi connectivity index (χ2v) is 9.71. The van der Waals surface area contributed by atoms with Crippen LogP contribution in [-0.2, 0) is 9.47 Å². The van der Waals surface area contributed by atoms with Crippen molar-refractivity contribution in [1.82, 2.24) is 9.88 Å². The third-order valence-electron chi connectivity index (χ3n) is 6.17. The van der Waals surface area contributed by atoms with Gasteiger partial charge in [0.15, 0.2) is 0 Å². The van der Waals surface area contributed by atoms with Crippen LogP contribution in [0.1, 0.15) is 56.8 Å². The predicted octanol–water partition coefficient (Wildman–Crippen LogP) is 4.40. The lowest BCUT2D eigenvalue weighted by Crippen LogP contribution is -2.50. The van der Waals surface area contributed by atoms with Gasteiger partial charge in [0, 0.05) is 42.3 Å². The highest BCUT2D eigenvalue weighted by Gasteiger charge is 2.40. The standard InChI is InChI=1S/C25H33N3O5/c1-25(2,3)33-24(30)28(16-6-7-16)17-12-14-27(15-13-17)20-10-8-19(23(29)32-5)22-18(20)9-11-21(26-22)31-4/h8-11,16-17H,6-7,12-15H2,1-5H3. The highest BCUT2D eigenvalue weighted by molar-refractivity contribution is 6.06. The number of carbonyl (C=O) groups excluding carboxylic acids is 2. The summed E-state index contributed by atoms with van der Waals surface area (Å²) in [5.41, 5.74) is 1.49. The molecule has 178 valence electrons. The Morgan fingerprint density at radius 3 is 2.24 bits per heavy atom. The molecule has 0 unspecified atom stereocenters. The van der Waals surface area contributed by atoms with Gasteiger partial charge in [0.2, 0.25) is 5.88 Å². The Bertz CT molecular complexity index is 1040. The molecule has 4 rings (SSSR count). The summed E-state index contributed by atoms with van der Waals surface area (Å²) in [7, 11) is 2.92. The van der Waals surface area contributed by atoms with Crippen molar-refractivity contribution in [3.8, 4) is 5.88 Å². The van der Waals surface area contributed by atoms with Crippen molar-refractivity contribution in [3.05, 3.63) is 29.8 Å². The molecular weight excluding hydrogens is 422 g/mol. The number of esters is 1. The number of nitrogens with zero attached hydrogens (tertiary/aromatic N) is 3. The normalized spacial score (nSPS) is 17.1. The first kappa shape index (κ1) is 23.1. The number of benzene rings is 1. The second kappa shape index (κ2) is 9.08. The van der Waals surface area contributed by atoms with Gasteiger partial charge in [0.05, 0.1) is 25.3 Å². The van der Waals surface area contributed by atoms with Crippen LogP contribution >= 0.6 is 0 Å². The largest absolute Gasteiger partial charge is 0.481 e. The third kappa shape index (κ3) is 4.99. The Morgan fingerprint density at radius 1 is 1.00 bits per heavy atom. The van der Waals surface area contributed by atoms with E-state index in [1.165, 1.54) is 7.11 Å². The quantitative estimate of drug-likeness (QED) is 0.618. The highest BCUT2D eigenvalue weighted by Crippen LogP contribution is 2.36. The van der Waals surface area contributed by atoms with Crippen LogP contribution < -0.4 is 9.64 Å². The van der Waals surface area contributed by atoms with Gasteiger partial charge < -0.3 is 24.0 Å². The van der Waals surface area contributed by atoms with Crippen molar-refractivity contribution in [2.75, 3.05) is 32.2 Å². The number of carbonyl (C=O) groups is 2. The van der Waals surface area contributed by atoms with Crippen molar-refractivity contribution in [3.63, 3.8) is 0 Å². The maximum absolute atomic E-state index is 12.9. The van der Waals surface area contributed by atoms with Crippen LogP contribution in [0, 0.1) is 0 Å². The fourth-order valence-corrected chi connectivity index (χ4v) is 4.50. The fraction of sp³-hybridized carbons (Fsp3) is 0.560. The third-order valence-corrected chi connectivity index (χ3v) is 6.17. The van der Waals surface area contributed by atoms with E-state index in [2.05, 4.69) is 9.88 Å². The molecule has 2 fully saturated rings. The molecule has 8 heteroatoms. The van der Waals surface area contributed by atoms with Gasteiger partial charge >= 0.3 is 12.1 Å². The molecule has 2 aliphatic rings. The predicted molar refractivity (Wildman–Crippen MR) is 126 cm³/mol. The van der Waals surface area contributed by atoms with Gasteiger partial charge in [-0.05, 0) is 64.7 Å². The van der Waals surface area contributed by atoms with E-state index in [1.54, 1.807) is 19.2 Å². The molecular formula is C25H33N3O5. The molecule has 1 aliphatic heterocycles. The molecule has 1 aromatic carbocycles. The van der Waals surface area contributed by atoms with Gasteiger partial charge in [-0.15, -0.1) is 0 Å². The maximum Gasteiger partial charge on any atom is 0.410 e. The van der Waals surface area contributed by atoms with Gasteiger partial charge in [-0.1, -0.05) is 0 Å². The minimum absolute atomic E-state index is 0.169. The summed E-state index contributed by atoms with van der Waals surface area (Å²) in [6.45, 7) is 7.32. The summed E-state index contributed by atoms with van der Waals surface area (Å²) in [5, 5.41) is 0.878. The monoisotopic (exact) mass is 455 g/mol. The fourth-order valence-electron chi connectivity index (χ4n) is 4.50. The summed E-state index contributed by atoms with van der Waals surface area (Å²) in [4.78, 5) is 34.0. The number of hydrogen-bond acceptors (Lipinski definition) is 7. The molecule has 0 radical (unpaired) electrons. The summed E-state index contributed by atoms with van der Waals surface area (Å²) in [6.07, 6.45) is 3.62. The van der Waals surface area contributed by atoms with Crippen LogP contribution in [0.3, 0.4) is 0 Å². The molecule has 1 amide bonds. The van der Waals surface area contributed by atoms with Crippen LogP contribution in [0.15, 0.2) is 24.3 Å². The minimum Gasteiger partial charge on any atom is -0.481 e. The number of pyridine rings is 1. The van der Waals surface area contributed by atoms with E-state index in [0.717, 1.165) is 49.8 Å². The van der Waals surface area contributed by atoms with Crippen LogP contribution in [0.4, 0.5) is 10.5 Å². The number of anilines is 1. The molecule has 0 bridgehead atoms. The summed E-state index contributed by atoms with van der Waals surface area (Å²) in [6, 6.07) is 7.92.